The van der Waals surface area contributed by atoms with E-state index >= 15 is 0 Å². The molecule has 1 aliphatic rings. The summed E-state index contributed by atoms with van der Waals surface area (Å²) in [7, 11) is 0. The number of H-pyrrole nitrogens is 1. The van der Waals surface area contributed by atoms with E-state index in [1.807, 2.05) is 0 Å². The lowest BCUT2D eigenvalue weighted by Gasteiger charge is -2.15. The molecule has 2 aromatic heterocycles. The minimum Gasteiger partial charge on any atom is -0.476 e. The summed E-state index contributed by atoms with van der Waals surface area (Å²) in [5.74, 6) is 0.362. The molecule has 0 aliphatic heterocycles. The minimum atomic E-state index is -1.07. The number of benzene rings is 1. The zero-order valence-electron chi connectivity index (χ0n) is 14.5. The molecule has 4 rings (SSSR count). The van der Waals surface area contributed by atoms with Crippen molar-refractivity contribution in [3.63, 3.8) is 0 Å². The molecule has 7 heteroatoms. The number of hydrogen-bond donors (Lipinski definition) is 3. The molecule has 0 spiro atoms. The van der Waals surface area contributed by atoms with Crippen molar-refractivity contribution in [3.8, 4) is 0 Å². The quantitative estimate of drug-likeness (QED) is 0.563. The number of aromatic nitrogens is 3. The summed E-state index contributed by atoms with van der Waals surface area (Å²) in [6, 6.07) is 4.38. The number of carboxylic acids is 1. The zero-order valence-corrected chi connectivity index (χ0v) is 14.5. The number of aromatic amines is 1. The van der Waals surface area contributed by atoms with Gasteiger partial charge in [-0.15, -0.1) is 0 Å². The van der Waals surface area contributed by atoms with E-state index < -0.39 is 5.97 Å². The van der Waals surface area contributed by atoms with Gasteiger partial charge in [-0.25, -0.2) is 14.8 Å². The van der Waals surface area contributed by atoms with E-state index in [9.17, 15) is 4.79 Å². The Labute approximate surface area is 150 Å². The molecule has 0 radical (unpaired) electrons. The third-order valence-corrected chi connectivity index (χ3v) is 4.85. The summed E-state index contributed by atoms with van der Waals surface area (Å²) in [6.07, 6.45) is 7.37. The Morgan fingerprint density at radius 3 is 2.88 bits per heavy atom. The highest BCUT2D eigenvalue weighted by molar-refractivity contribution is 5.84. The fourth-order valence-electron chi connectivity index (χ4n) is 3.52. The molecule has 2 heterocycles. The molecule has 26 heavy (non-hydrogen) atoms. The molecule has 0 unspecified atom stereocenters. The standard InChI is InChI=1S/C19H22N4O3/c24-19(25)15-11-26-17(22-15)8-10-20-9-7-16-21-14-6-5-12-3-1-2-4-13(12)18(14)23-16/h5-6,11,20H,1-4,7-10H2,(H,21,23)(H,24,25). The Kier molecular flexibility index (Phi) is 4.71. The number of nitrogens with zero attached hydrogens (tertiary/aromatic N) is 2. The number of oxazole rings is 1. The molecule has 136 valence electrons. The first-order valence-electron chi connectivity index (χ1n) is 9.08. The first-order chi connectivity index (χ1) is 12.7. The molecule has 0 saturated carbocycles. The van der Waals surface area contributed by atoms with Crippen molar-refractivity contribution >= 4 is 17.0 Å². The van der Waals surface area contributed by atoms with Gasteiger partial charge in [-0.3, -0.25) is 0 Å². The average molecular weight is 354 g/mol. The number of aryl methyl sites for hydroxylation is 2. The predicted octanol–water partition coefficient (Wildman–Crippen LogP) is 2.50. The molecule has 0 amide bonds. The van der Waals surface area contributed by atoms with Gasteiger partial charge < -0.3 is 19.8 Å². The van der Waals surface area contributed by atoms with Gasteiger partial charge in [0.15, 0.2) is 11.6 Å². The Balaban J connectivity index is 1.30. The smallest absolute Gasteiger partial charge is 0.357 e. The second-order valence-electron chi connectivity index (χ2n) is 6.67. The van der Waals surface area contributed by atoms with Crippen LogP contribution in [0.5, 0.6) is 0 Å². The minimum absolute atomic E-state index is 0.0504. The molecular weight excluding hydrogens is 332 g/mol. The fourth-order valence-corrected chi connectivity index (χ4v) is 3.52. The molecular formula is C19H22N4O3. The third kappa shape index (κ3) is 3.48. The van der Waals surface area contributed by atoms with Crippen molar-refractivity contribution in [2.75, 3.05) is 13.1 Å². The van der Waals surface area contributed by atoms with Crippen LogP contribution in [0, 0.1) is 0 Å². The molecule has 7 nitrogen and oxygen atoms in total. The molecule has 3 N–H and O–H groups in total. The van der Waals surface area contributed by atoms with Crippen LogP contribution in [0.2, 0.25) is 0 Å². The Morgan fingerprint density at radius 2 is 2.04 bits per heavy atom. The topological polar surface area (TPSA) is 104 Å². The number of carboxylic acid groups (broad SMARTS) is 1. The lowest BCUT2D eigenvalue weighted by Crippen LogP contribution is -2.20. The van der Waals surface area contributed by atoms with Crippen molar-refractivity contribution < 1.29 is 14.3 Å². The van der Waals surface area contributed by atoms with E-state index in [1.54, 1.807) is 0 Å². The van der Waals surface area contributed by atoms with E-state index in [4.69, 9.17) is 14.5 Å². The van der Waals surface area contributed by atoms with Crippen LogP contribution < -0.4 is 5.32 Å². The van der Waals surface area contributed by atoms with Crippen LogP contribution in [-0.4, -0.2) is 39.1 Å². The number of hydrogen-bond acceptors (Lipinski definition) is 5. The highest BCUT2D eigenvalue weighted by atomic mass is 16.4. The highest BCUT2D eigenvalue weighted by Gasteiger charge is 2.15. The monoisotopic (exact) mass is 354 g/mol. The van der Waals surface area contributed by atoms with Crippen molar-refractivity contribution in [2.24, 2.45) is 0 Å². The van der Waals surface area contributed by atoms with Crippen molar-refractivity contribution in [1.29, 1.82) is 0 Å². The van der Waals surface area contributed by atoms with Crippen molar-refractivity contribution in [2.45, 2.75) is 38.5 Å². The summed E-state index contributed by atoms with van der Waals surface area (Å²) in [5.41, 5.74) is 5.08. The molecule has 3 aromatic rings. The van der Waals surface area contributed by atoms with E-state index in [-0.39, 0.29) is 5.69 Å². The molecule has 0 fully saturated rings. The van der Waals surface area contributed by atoms with Crippen LogP contribution in [0.1, 0.15) is 46.2 Å². The zero-order chi connectivity index (χ0) is 17.9. The van der Waals surface area contributed by atoms with E-state index in [0.717, 1.165) is 36.2 Å². The maximum Gasteiger partial charge on any atom is 0.357 e. The van der Waals surface area contributed by atoms with E-state index in [1.165, 1.54) is 36.7 Å². The van der Waals surface area contributed by atoms with Gasteiger partial charge in [0.1, 0.15) is 12.1 Å². The highest BCUT2D eigenvalue weighted by Crippen LogP contribution is 2.27. The van der Waals surface area contributed by atoms with Gasteiger partial charge in [0.05, 0.1) is 11.0 Å². The largest absolute Gasteiger partial charge is 0.476 e. The van der Waals surface area contributed by atoms with Gasteiger partial charge in [-0.1, -0.05) is 6.07 Å². The number of nitrogens with one attached hydrogen (secondary N) is 2. The van der Waals surface area contributed by atoms with E-state index in [0.29, 0.717) is 18.9 Å². The second-order valence-corrected chi connectivity index (χ2v) is 6.67. The molecule has 0 bridgehead atoms. The normalized spacial score (nSPS) is 13.8. The molecule has 1 aromatic carbocycles. The van der Waals surface area contributed by atoms with Crippen LogP contribution >= 0.6 is 0 Å². The van der Waals surface area contributed by atoms with Gasteiger partial charge in [0.2, 0.25) is 0 Å². The van der Waals surface area contributed by atoms with Gasteiger partial charge in [-0.05, 0) is 42.9 Å². The summed E-state index contributed by atoms with van der Waals surface area (Å²) >= 11 is 0. The average Bonchev–Trinajstić information content (AvgIpc) is 3.28. The lowest BCUT2D eigenvalue weighted by molar-refractivity contribution is 0.0690. The van der Waals surface area contributed by atoms with Crippen LogP contribution in [0.3, 0.4) is 0 Å². The molecule has 1 aliphatic carbocycles. The van der Waals surface area contributed by atoms with Gasteiger partial charge in [0.25, 0.3) is 0 Å². The van der Waals surface area contributed by atoms with Crippen LogP contribution in [-0.2, 0) is 25.7 Å². The van der Waals surface area contributed by atoms with Crippen LogP contribution in [0.4, 0.5) is 0 Å². The summed E-state index contributed by atoms with van der Waals surface area (Å²) < 4.78 is 5.13. The van der Waals surface area contributed by atoms with Crippen LogP contribution in [0.25, 0.3) is 11.0 Å². The Hall–Kier alpha value is -2.67. The predicted molar refractivity (Wildman–Crippen MR) is 96.5 cm³/mol. The maximum absolute atomic E-state index is 10.8. The molecule has 0 atom stereocenters. The van der Waals surface area contributed by atoms with Crippen molar-refractivity contribution in [1.82, 2.24) is 20.3 Å². The van der Waals surface area contributed by atoms with E-state index in [2.05, 4.69) is 27.4 Å². The first kappa shape index (κ1) is 16.8. The number of imidazole rings is 1. The first-order valence-corrected chi connectivity index (χ1v) is 9.08. The number of aromatic carboxylic acids is 1. The molecule has 0 saturated heterocycles. The van der Waals surface area contributed by atoms with Gasteiger partial charge >= 0.3 is 5.97 Å². The SMILES string of the molecule is O=C(O)c1coc(CCNCCc2nc3c4c(ccc3[nH]2)CCCC4)n1. The Bertz CT molecular complexity index is 928. The van der Waals surface area contributed by atoms with Crippen LogP contribution in [0.15, 0.2) is 22.8 Å². The number of fused-ring (bicyclic) bond motifs is 3. The number of rotatable bonds is 7. The number of carbonyl (C=O) groups is 1. The lowest BCUT2D eigenvalue weighted by atomic mass is 9.91. The second kappa shape index (κ2) is 7.29. The maximum atomic E-state index is 10.8. The van der Waals surface area contributed by atoms with Gasteiger partial charge in [-0.2, -0.15) is 0 Å². The third-order valence-electron chi connectivity index (χ3n) is 4.85. The van der Waals surface area contributed by atoms with Gasteiger partial charge in [0, 0.05) is 25.9 Å². The summed E-state index contributed by atoms with van der Waals surface area (Å²) in [5, 5.41) is 12.1. The summed E-state index contributed by atoms with van der Waals surface area (Å²) in [6.45, 7) is 1.46. The van der Waals surface area contributed by atoms with Crippen molar-refractivity contribution in [3.05, 3.63) is 46.9 Å². The Morgan fingerprint density at radius 1 is 1.19 bits per heavy atom. The fraction of sp³-hybridized carbons (Fsp3) is 0.421. The summed E-state index contributed by atoms with van der Waals surface area (Å²) in [4.78, 5) is 22.9.